The van der Waals surface area contributed by atoms with Crippen molar-refractivity contribution in [2.75, 3.05) is 42.9 Å². The Morgan fingerprint density at radius 2 is 2.00 bits per heavy atom. The molecule has 0 unspecified atom stereocenters. The fourth-order valence-corrected chi connectivity index (χ4v) is 4.30. The van der Waals surface area contributed by atoms with Gasteiger partial charge in [-0.2, -0.15) is 0 Å². The summed E-state index contributed by atoms with van der Waals surface area (Å²) in [5, 5.41) is 2.78. The third kappa shape index (κ3) is 4.07. The molecule has 5 rings (SSSR count). The van der Waals surface area contributed by atoms with Crippen LogP contribution >= 0.6 is 0 Å². The third-order valence-corrected chi connectivity index (χ3v) is 5.85. The number of nitrogens with zero attached hydrogens (tertiary/aromatic N) is 7. The summed E-state index contributed by atoms with van der Waals surface area (Å²) < 4.78 is 15.2. The number of hydrogen-bond acceptors (Lipinski definition) is 7. The number of rotatable bonds is 5. The Bertz CT molecular complexity index is 1110. The Labute approximate surface area is 179 Å². The molecule has 0 saturated carbocycles. The number of halogens is 1. The minimum atomic E-state index is -0.675. The molecule has 31 heavy (non-hydrogen) atoms. The third-order valence-electron chi connectivity index (χ3n) is 5.85. The Kier molecular flexibility index (Phi) is 5.01. The van der Waals surface area contributed by atoms with Crippen molar-refractivity contribution in [2.24, 2.45) is 5.92 Å². The Hall–Kier alpha value is -3.14. The van der Waals surface area contributed by atoms with Gasteiger partial charge in [0.05, 0.1) is 30.0 Å². The quantitative estimate of drug-likeness (QED) is 0.669. The lowest BCUT2D eigenvalue weighted by Gasteiger charge is -2.41. The van der Waals surface area contributed by atoms with Gasteiger partial charge in [0.15, 0.2) is 5.65 Å². The number of fused-ring (bicyclic) bond motifs is 1. The van der Waals surface area contributed by atoms with Gasteiger partial charge < -0.3 is 14.6 Å². The highest BCUT2D eigenvalue weighted by Crippen LogP contribution is 2.24. The number of hydrogen-bond donors (Lipinski definition) is 1. The highest BCUT2D eigenvalue weighted by atomic mass is 19.1. The summed E-state index contributed by atoms with van der Waals surface area (Å²) in [5.41, 5.74) is 2.61. The molecule has 2 saturated heterocycles. The van der Waals surface area contributed by atoms with Crippen molar-refractivity contribution in [3.63, 3.8) is 0 Å². The van der Waals surface area contributed by atoms with Gasteiger partial charge in [0.1, 0.15) is 23.5 Å². The van der Waals surface area contributed by atoms with Crippen molar-refractivity contribution in [2.45, 2.75) is 26.4 Å². The molecule has 10 heteroatoms. The van der Waals surface area contributed by atoms with Crippen molar-refractivity contribution < 1.29 is 9.18 Å². The predicted octanol–water partition coefficient (Wildman–Crippen LogP) is 1.87. The normalized spacial score (nSPS) is 19.7. The minimum absolute atomic E-state index is 0.230. The SMILES string of the molecule is Cc1cn2cc(NC(=O)c3cnc(N4CC(CN5CC[C@H](F)C5)C4)cn3)nc(C)c2n1. The summed E-state index contributed by atoms with van der Waals surface area (Å²) in [4.78, 5) is 34.4. The molecule has 0 aliphatic carbocycles. The van der Waals surface area contributed by atoms with E-state index >= 15 is 0 Å². The van der Waals surface area contributed by atoms with Gasteiger partial charge in [0.2, 0.25) is 0 Å². The fraction of sp³-hybridized carbons (Fsp3) is 0.476. The van der Waals surface area contributed by atoms with Gasteiger partial charge >= 0.3 is 0 Å². The molecule has 1 amide bonds. The number of likely N-dealkylation sites (tertiary alicyclic amines) is 1. The van der Waals surface area contributed by atoms with Crippen LogP contribution in [0, 0.1) is 19.8 Å². The molecule has 3 aromatic rings. The van der Waals surface area contributed by atoms with E-state index in [0.717, 1.165) is 49.0 Å². The van der Waals surface area contributed by atoms with E-state index in [-0.39, 0.29) is 11.6 Å². The minimum Gasteiger partial charge on any atom is -0.355 e. The van der Waals surface area contributed by atoms with E-state index in [1.807, 2.05) is 24.4 Å². The van der Waals surface area contributed by atoms with Crippen LogP contribution in [-0.2, 0) is 0 Å². The van der Waals surface area contributed by atoms with Crippen LogP contribution in [-0.4, -0.2) is 74.0 Å². The van der Waals surface area contributed by atoms with Crippen LogP contribution in [0.1, 0.15) is 28.3 Å². The van der Waals surface area contributed by atoms with Gasteiger partial charge in [-0.25, -0.2) is 24.3 Å². The predicted molar refractivity (Wildman–Crippen MR) is 114 cm³/mol. The summed E-state index contributed by atoms with van der Waals surface area (Å²) in [7, 11) is 0. The second-order valence-electron chi connectivity index (χ2n) is 8.46. The lowest BCUT2D eigenvalue weighted by atomic mass is 10.00. The number of aromatic nitrogens is 5. The van der Waals surface area contributed by atoms with Gasteiger partial charge in [-0.15, -0.1) is 0 Å². The number of aryl methyl sites for hydroxylation is 2. The van der Waals surface area contributed by atoms with Crippen LogP contribution < -0.4 is 10.2 Å². The lowest BCUT2D eigenvalue weighted by Crippen LogP contribution is -2.51. The van der Waals surface area contributed by atoms with Gasteiger partial charge in [-0.1, -0.05) is 0 Å². The number of nitrogens with one attached hydrogen (secondary N) is 1. The number of amides is 1. The number of carbonyl (C=O) groups is 1. The molecule has 5 heterocycles. The fourth-order valence-electron chi connectivity index (χ4n) is 4.30. The van der Waals surface area contributed by atoms with Crippen LogP contribution in [0.4, 0.5) is 16.0 Å². The maximum atomic E-state index is 13.3. The summed E-state index contributed by atoms with van der Waals surface area (Å²) in [6.07, 6.45) is 6.70. The number of anilines is 2. The molecule has 1 N–H and O–H groups in total. The number of alkyl halides is 1. The van der Waals surface area contributed by atoms with E-state index in [0.29, 0.717) is 24.7 Å². The van der Waals surface area contributed by atoms with Crippen LogP contribution in [0.3, 0.4) is 0 Å². The van der Waals surface area contributed by atoms with Crippen LogP contribution in [0.5, 0.6) is 0 Å². The van der Waals surface area contributed by atoms with Crippen molar-refractivity contribution >= 4 is 23.2 Å². The van der Waals surface area contributed by atoms with Gasteiger partial charge in [-0.05, 0) is 20.3 Å². The highest BCUT2D eigenvalue weighted by Gasteiger charge is 2.32. The molecule has 2 aliphatic heterocycles. The highest BCUT2D eigenvalue weighted by molar-refractivity contribution is 6.02. The largest absolute Gasteiger partial charge is 0.355 e. The molecular formula is C21H25FN8O. The van der Waals surface area contributed by atoms with Crippen molar-refractivity contribution in [1.29, 1.82) is 0 Å². The van der Waals surface area contributed by atoms with E-state index in [2.05, 4.69) is 35.1 Å². The van der Waals surface area contributed by atoms with Gasteiger partial charge in [0.25, 0.3) is 5.91 Å². The van der Waals surface area contributed by atoms with Crippen LogP contribution in [0.2, 0.25) is 0 Å². The molecule has 9 nitrogen and oxygen atoms in total. The molecule has 2 aliphatic rings. The first kappa shape index (κ1) is 19.8. The molecule has 0 aromatic carbocycles. The Balaban J connectivity index is 1.18. The zero-order valence-electron chi connectivity index (χ0n) is 17.6. The molecule has 2 fully saturated rings. The topological polar surface area (TPSA) is 91.6 Å². The molecular weight excluding hydrogens is 399 g/mol. The zero-order valence-corrected chi connectivity index (χ0v) is 17.6. The molecule has 0 bridgehead atoms. The van der Waals surface area contributed by atoms with Gasteiger partial charge in [-0.3, -0.25) is 9.69 Å². The Morgan fingerprint density at radius 3 is 2.71 bits per heavy atom. The smallest absolute Gasteiger partial charge is 0.277 e. The average molecular weight is 424 g/mol. The van der Waals surface area contributed by atoms with Crippen molar-refractivity contribution in [3.05, 3.63) is 41.9 Å². The standard InChI is InChI=1S/C21H25FN8O/c1-13-7-30-12-18(26-14(2)20(30)25-13)27-21(31)17-5-24-19(6-23-17)29-9-15(10-29)8-28-4-3-16(22)11-28/h5-7,12,15-16H,3-4,8-11H2,1-2H3,(H,27,31)/t16-/m0/s1. The monoisotopic (exact) mass is 424 g/mol. The lowest BCUT2D eigenvalue weighted by molar-refractivity contribution is 0.102. The average Bonchev–Trinajstić information content (AvgIpc) is 3.29. The maximum Gasteiger partial charge on any atom is 0.277 e. The van der Waals surface area contributed by atoms with Gasteiger partial charge in [0, 0.05) is 44.8 Å². The van der Waals surface area contributed by atoms with Crippen LogP contribution in [0.25, 0.3) is 5.65 Å². The van der Waals surface area contributed by atoms with E-state index in [9.17, 15) is 9.18 Å². The van der Waals surface area contributed by atoms with Crippen LogP contribution in [0.15, 0.2) is 24.8 Å². The summed E-state index contributed by atoms with van der Waals surface area (Å²) in [5.74, 6) is 1.34. The van der Waals surface area contributed by atoms with E-state index < -0.39 is 6.17 Å². The zero-order chi connectivity index (χ0) is 21.5. The maximum absolute atomic E-state index is 13.3. The Morgan fingerprint density at radius 1 is 1.16 bits per heavy atom. The van der Waals surface area contributed by atoms with Crippen molar-refractivity contribution in [3.8, 4) is 0 Å². The van der Waals surface area contributed by atoms with E-state index in [1.165, 1.54) is 6.20 Å². The summed E-state index contributed by atoms with van der Waals surface area (Å²) >= 11 is 0. The number of imidazole rings is 1. The molecule has 162 valence electrons. The molecule has 3 aromatic heterocycles. The molecule has 1 atom stereocenters. The van der Waals surface area contributed by atoms with E-state index in [4.69, 9.17) is 0 Å². The van der Waals surface area contributed by atoms with E-state index in [1.54, 1.807) is 12.4 Å². The number of carbonyl (C=O) groups excluding carboxylic acids is 1. The summed E-state index contributed by atoms with van der Waals surface area (Å²) in [6, 6.07) is 0. The van der Waals surface area contributed by atoms with Crippen molar-refractivity contribution in [1.82, 2.24) is 29.2 Å². The molecule has 0 spiro atoms. The first-order chi connectivity index (χ1) is 14.9. The second-order valence-corrected chi connectivity index (χ2v) is 8.46. The first-order valence-electron chi connectivity index (χ1n) is 10.5. The second kappa shape index (κ2) is 7.84. The first-order valence-corrected chi connectivity index (χ1v) is 10.5. The summed E-state index contributed by atoms with van der Waals surface area (Å²) in [6.45, 7) is 7.85. The molecule has 0 radical (unpaired) electrons.